The van der Waals surface area contributed by atoms with Gasteiger partial charge in [-0.2, -0.15) is 0 Å². The van der Waals surface area contributed by atoms with E-state index in [1.807, 2.05) is 118 Å². The average Bonchev–Trinajstić information content (AvgIpc) is 3.41. The third-order valence-electron chi connectivity index (χ3n) is 13.4. The van der Waals surface area contributed by atoms with E-state index in [4.69, 9.17) is 18.9 Å². The highest BCUT2D eigenvalue weighted by atomic mass is 16.6. The Hall–Kier alpha value is -7.96. The lowest BCUT2D eigenvalue weighted by Crippen LogP contribution is -2.63. The number of alkyl carbamates (subject to hydrolysis) is 2. The third kappa shape index (κ3) is 22.5. The molecule has 0 saturated carbocycles. The summed E-state index contributed by atoms with van der Waals surface area (Å²) < 4.78 is 22.4. The van der Waals surface area contributed by atoms with E-state index in [0.29, 0.717) is 12.8 Å². The molecule has 19 nitrogen and oxygen atoms in total. The molecule has 0 aromatic heterocycles. The molecule has 0 bridgehead atoms. The van der Waals surface area contributed by atoms with Crippen LogP contribution in [0, 0.1) is 5.92 Å². The molecule has 4 atom stereocenters. The molecule has 0 radical (unpaired) electrons. The summed E-state index contributed by atoms with van der Waals surface area (Å²) in [6, 6.07) is 33.2. The number of likely N-dealkylation sites (tertiary alicyclic amines) is 1. The first-order valence-corrected chi connectivity index (χ1v) is 28.3. The summed E-state index contributed by atoms with van der Waals surface area (Å²) in [7, 11) is 0. The third-order valence-corrected chi connectivity index (χ3v) is 13.4. The van der Waals surface area contributed by atoms with Gasteiger partial charge in [0.25, 0.3) is 0 Å². The number of unbranched alkanes of at least 4 members (excludes halogenated alkanes) is 1. The molecule has 5 rings (SSSR count). The zero-order chi connectivity index (χ0) is 59.9. The van der Waals surface area contributed by atoms with Gasteiger partial charge >= 0.3 is 24.2 Å². The molecule has 444 valence electrons. The second kappa shape index (κ2) is 31.3. The fraction of sp³-hybridized carbons (Fsp3) is 0.492. The van der Waals surface area contributed by atoms with Gasteiger partial charge in [-0.15, -0.1) is 0 Å². The number of rotatable bonds is 26. The van der Waals surface area contributed by atoms with Gasteiger partial charge in [0.2, 0.25) is 23.6 Å². The summed E-state index contributed by atoms with van der Waals surface area (Å²) in [6.07, 6.45) is -1.15. The molecule has 1 saturated heterocycles. The van der Waals surface area contributed by atoms with Crippen molar-refractivity contribution in [2.75, 3.05) is 32.7 Å². The Morgan fingerprint density at radius 1 is 0.598 bits per heavy atom. The minimum absolute atomic E-state index is 0.0195. The Morgan fingerprint density at radius 3 is 1.66 bits per heavy atom. The Labute approximate surface area is 483 Å². The summed E-state index contributed by atoms with van der Waals surface area (Å²) in [4.78, 5) is 115. The van der Waals surface area contributed by atoms with Crippen molar-refractivity contribution in [3.8, 4) is 0 Å². The molecule has 5 N–H and O–H groups in total. The van der Waals surface area contributed by atoms with Crippen LogP contribution in [-0.2, 0) is 62.6 Å². The lowest BCUT2D eigenvalue weighted by Gasteiger charge is -2.41. The minimum atomic E-state index is -1.57. The largest absolute Gasteiger partial charge is 0.459 e. The Bertz CT molecular complexity index is 2690. The van der Waals surface area contributed by atoms with E-state index in [1.165, 1.54) is 9.80 Å². The number of esters is 1. The first-order chi connectivity index (χ1) is 38.9. The number of amides is 7. The monoisotopic (exact) mass is 1130 g/mol. The van der Waals surface area contributed by atoms with Crippen LogP contribution < -0.4 is 26.6 Å². The molecular weight excluding hydrogens is 1050 g/mol. The van der Waals surface area contributed by atoms with E-state index < -0.39 is 89.3 Å². The van der Waals surface area contributed by atoms with Crippen LogP contribution in [0.25, 0.3) is 0 Å². The highest BCUT2D eigenvalue weighted by molar-refractivity contribution is 5.95. The second-order valence-corrected chi connectivity index (χ2v) is 23.3. The van der Waals surface area contributed by atoms with Crippen molar-refractivity contribution in [1.82, 2.24) is 36.4 Å². The molecule has 1 aliphatic heterocycles. The van der Waals surface area contributed by atoms with Crippen molar-refractivity contribution in [1.29, 1.82) is 0 Å². The number of nitrogens with zero attached hydrogens (tertiary/aromatic N) is 2. The van der Waals surface area contributed by atoms with Gasteiger partial charge in [0.15, 0.2) is 0 Å². The Kier molecular flexibility index (Phi) is 24.8. The zero-order valence-corrected chi connectivity index (χ0v) is 49.1. The molecule has 7 amide bonds. The Morgan fingerprint density at radius 2 is 1.11 bits per heavy atom. The normalized spacial score (nSPS) is 14.6. The number of carbonyl (C=O) groups is 8. The van der Waals surface area contributed by atoms with Crippen LogP contribution in [0.15, 0.2) is 121 Å². The maximum absolute atomic E-state index is 14.8. The van der Waals surface area contributed by atoms with Crippen LogP contribution in [0.4, 0.5) is 14.4 Å². The van der Waals surface area contributed by atoms with Gasteiger partial charge < -0.3 is 50.4 Å². The molecule has 4 aromatic rings. The standard InChI is InChI=1S/C63H85N7O12/c1-44(2)38-51(67-55(73)52(39-46-24-14-10-15-25-46)65-53(71)41-70(60(78)82-62(7,8)9)40-45(3)49-30-20-13-21-31-49)54(72)66-50(32-22-23-35-64-58(76)81-61(4,5)6)56(74)69-36-33-63(34-37-69,57(75)79-42-47-26-16-11-17-27-47)68-59(77)80-43-48-28-18-12-19-29-48/h10-21,24-31,44-45,50-52H,22-23,32-43H2,1-9H3,(H,64,76)(H,65,71)(H,66,72)(H,67,73)(H,68,77)/t45-,50+,51+,52+/m0/s1. The van der Waals surface area contributed by atoms with Gasteiger partial charge in [-0.05, 0) is 114 Å². The lowest BCUT2D eigenvalue weighted by molar-refractivity contribution is -0.157. The predicted octanol–water partition coefficient (Wildman–Crippen LogP) is 8.50. The predicted molar refractivity (Wildman–Crippen MR) is 311 cm³/mol. The van der Waals surface area contributed by atoms with Crippen molar-refractivity contribution in [2.45, 2.75) is 161 Å². The first-order valence-electron chi connectivity index (χ1n) is 28.3. The number of hydrogen-bond acceptors (Lipinski definition) is 12. The quantitative estimate of drug-likeness (QED) is 0.0226. The van der Waals surface area contributed by atoms with E-state index in [-0.39, 0.29) is 83.3 Å². The maximum atomic E-state index is 14.8. The van der Waals surface area contributed by atoms with Crippen LogP contribution >= 0.6 is 0 Å². The molecule has 4 aromatic carbocycles. The molecule has 19 heteroatoms. The number of hydrogen-bond donors (Lipinski definition) is 5. The SMILES string of the molecule is CC(C)C[C@@H](NC(=O)[C@@H](Cc1ccccc1)NC(=O)CN(C[C@H](C)c1ccccc1)C(=O)OC(C)(C)C)C(=O)N[C@H](CCCCNC(=O)OC(C)(C)C)C(=O)N1CCC(NC(=O)OCc2ccccc2)(C(=O)OCc2ccccc2)CC1. The highest BCUT2D eigenvalue weighted by Crippen LogP contribution is 2.27. The molecule has 0 spiro atoms. The van der Waals surface area contributed by atoms with E-state index >= 15 is 0 Å². The number of ether oxygens (including phenoxy) is 4. The van der Waals surface area contributed by atoms with Crippen molar-refractivity contribution in [3.05, 3.63) is 144 Å². The minimum Gasteiger partial charge on any atom is -0.459 e. The van der Waals surface area contributed by atoms with Crippen molar-refractivity contribution in [3.63, 3.8) is 0 Å². The smallest absolute Gasteiger partial charge is 0.410 e. The number of piperidine rings is 1. The fourth-order valence-corrected chi connectivity index (χ4v) is 9.23. The van der Waals surface area contributed by atoms with Gasteiger partial charge in [0.1, 0.15) is 54.6 Å². The number of benzene rings is 4. The first kappa shape index (κ1) is 64.9. The van der Waals surface area contributed by atoms with Gasteiger partial charge in [0.05, 0.1) is 0 Å². The van der Waals surface area contributed by atoms with E-state index in [9.17, 15) is 38.4 Å². The topological polar surface area (TPSA) is 240 Å². The van der Waals surface area contributed by atoms with Crippen LogP contribution in [0.1, 0.15) is 129 Å². The molecule has 0 aliphatic carbocycles. The number of nitrogens with one attached hydrogen (secondary N) is 5. The van der Waals surface area contributed by atoms with E-state index in [2.05, 4.69) is 26.6 Å². The summed E-state index contributed by atoms with van der Waals surface area (Å²) in [5.74, 6) is -3.43. The molecule has 1 heterocycles. The maximum Gasteiger partial charge on any atom is 0.410 e. The average molecular weight is 1130 g/mol. The van der Waals surface area contributed by atoms with Crippen LogP contribution in [0.3, 0.4) is 0 Å². The second-order valence-electron chi connectivity index (χ2n) is 23.3. The van der Waals surface area contributed by atoms with Crippen LogP contribution in [0.5, 0.6) is 0 Å². The fourth-order valence-electron chi connectivity index (χ4n) is 9.23. The van der Waals surface area contributed by atoms with Crippen molar-refractivity contribution >= 4 is 47.9 Å². The van der Waals surface area contributed by atoms with E-state index in [0.717, 1.165) is 22.3 Å². The Balaban J connectivity index is 1.36. The summed E-state index contributed by atoms with van der Waals surface area (Å²) in [6.45, 7) is 15.9. The van der Waals surface area contributed by atoms with Gasteiger partial charge in [-0.3, -0.25) is 24.1 Å². The van der Waals surface area contributed by atoms with Crippen molar-refractivity contribution < 1.29 is 57.3 Å². The molecular formula is C63H85N7O12. The molecule has 1 aliphatic rings. The van der Waals surface area contributed by atoms with Crippen LogP contribution in [-0.4, -0.2) is 125 Å². The molecule has 0 unspecified atom stereocenters. The highest BCUT2D eigenvalue weighted by Gasteiger charge is 2.46. The molecule has 82 heavy (non-hydrogen) atoms. The number of carbonyl (C=O) groups excluding carboxylic acids is 8. The van der Waals surface area contributed by atoms with Crippen molar-refractivity contribution in [2.24, 2.45) is 5.92 Å². The van der Waals surface area contributed by atoms with Gasteiger partial charge in [-0.25, -0.2) is 19.2 Å². The van der Waals surface area contributed by atoms with Gasteiger partial charge in [0, 0.05) is 32.6 Å². The summed E-state index contributed by atoms with van der Waals surface area (Å²) in [5.41, 5.74) is 0.00212. The molecule has 1 fully saturated rings. The van der Waals surface area contributed by atoms with Crippen LogP contribution in [0.2, 0.25) is 0 Å². The zero-order valence-electron chi connectivity index (χ0n) is 49.1. The summed E-state index contributed by atoms with van der Waals surface area (Å²) >= 11 is 0. The van der Waals surface area contributed by atoms with E-state index in [1.54, 1.807) is 65.8 Å². The van der Waals surface area contributed by atoms with Gasteiger partial charge in [-0.1, -0.05) is 142 Å². The lowest BCUT2D eigenvalue weighted by atomic mass is 9.87. The summed E-state index contributed by atoms with van der Waals surface area (Å²) in [5, 5.41) is 14.2.